The van der Waals surface area contributed by atoms with Crippen LogP contribution in [0.2, 0.25) is 0 Å². The largest absolute Gasteiger partial charge is 0.257 e. The van der Waals surface area contributed by atoms with Crippen LogP contribution in [0.25, 0.3) is 6.08 Å². The van der Waals surface area contributed by atoms with Crippen LogP contribution in [0, 0.1) is 11.3 Å². The molecule has 0 bridgehead atoms. The lowest BCUT2D eigenvalue weighted by Gasteiger charge is -1.92. The van der Waals surface area contributed by atoms with E-state index in [9.17, 15) is 0 Å². The second kappa shape index (κ2) is 5.50. The Morgan fingerprint density at radius 1 is 1.62 bits per heavy atom. The van der Waals surface area contributed by atoms with Crippen LogP contribution >= 0.6 is 15.9 Å². The lowest BCUT2D eigenvalue weighted by atomic mass is 10.2. The van der Waals surface area contributed by atoms with E-state index in [0.717, 1.165) is 17.4 Å². The molecule has 0 aromatic carbocycles. The summed E-state index contributed by atoms with van der Waals surface area (Å²) in [6, 6.07) is 5.54. The van der Waals surface area contributed by atoms with Crippen LogP contribution in [0.3, 0.4) is 0 Å². The molecule has 0 spiro atoms. The minimum Gasteiger partial charge on any atom is -0.257 e. The molecule has 0 aliphatic carbocycles. The number of alkyl halides is 1. The standard InChI is InChI=1S/C10H9BrN2/c11-5-2-1-3-10-7-9(8-12)4-6-13-10/h1,3-4,6-7H,2,5H2. The fourth-order valence-corrected chi connectivity index (χ4v) is 1.14. The number of nitrogens with zero attached hydrogens (tertiary/aromatic N) is 2. The van der Waals surface area contributed by atoms with Crippen molar-refractivity contribution in [3.8, 4) is 6.07 Å². The molecule has 0 amide bonds. The third-order valence-electron chi connectivity index (χ3n) is 1.47. The van der Waals surface area contributed by atoms with Crippen molar-refractivity contribution in [2.75, 3.05) is 5.33 Å². The number of allylic oxidation sites excluding steroid dienone is 1. The Labute approximate surface area is 86.0 Å². The second-order valence-corrected chi connectivity index (χ2v) is 3.25. The summed E-state index contributed by atoms with van der Waals surface area (Å²) in [6.07, 6.45) is 6.56. The fourth-order valence-electron chi connectivity index (χ4n) is 0.876. The van der Waals surface area contributed by atoms with Crippen LogP contribution in [0.5, 0.6) is 0 Å². The molecule has 0 unspecified atom stereocenters. The Morgan fingerprint density at radius 3 is 3.15 bits per heavy atom. The van der Waals surface area contributed by atoms with Crippen molar-refractivity contribution in [1.29, 1.82) is 5.26 Å². The van der Waals surface area contributed by atoms with Gasteiger partial charge in [-0.25, -0.2) is 0 Å². The van der Waals surface area contributed by atoms with Gasteiger partial charge >= 0.3 is 0 Å². The van der Waals surface area contributed by atoms with E-state index in [2.05, 4.69) is 27.0 Å². The van der Waals surface area contributed by atoms with E-state index < -0.39 is 0 Å². The highest BCUT2D eigenvalue weighted by molar-refractivity contribution is 9.09. The quantitative estimate of drug-likeness (QED) is 0.758. The SMILES string of the molecule is N#Cc1ccnc(C=CCCBr)c1. The van der Waals surface area contributed by atoms with E-state index >= 15 is 0 Å². The number of hydrogen-bond acceptors (Lipinski definition) is 2. The van der Waals surface area contributed by atoms with E-state index in [0.29, 0.717) is 5.56 Å². The van der Waals surface area contributed by atoms with E-state index in [4.69, 9.17) is 5.26 Å². The molecule has 1 rings (SSSR count). The summed E-state index contributed by atoms with van der Waals surface area (Å²) in [5.41, 5.74) is 1.48. The number of pyridine rings is 1. The zero-order valence-corrected chi connectivity index (χ0v) is 8.66. The van der Waals surface area contributed by atoms with Crippen LogP contribution in [-0.2, 0) is 0 Å². The molecule has 0 radical (unpaired) electrons. The third kappa shape index (κ3) is 3.39. The van der Waals surface area contributed by atoms with Crippen molar-refractivity contribution >= 4 is 22.0 Å². The molecule has 2 nitrogen and oxygen atoms in total. The fraction of sp³-hybridized carbons (Fsp3) is 0.200. The van der Waals surface area contributed by atoms with Gasteiger partial charge < -0.3 is 0 Å². The first kappa shape index (κ1) is 9.94. The van der Waals surface area contributed by atoms with Gasteiger partial charge in [0.05, 0.1) is 17.3 Å². The molecular formula is C10H9BrN2. The average Bonchev–Trinajstić information content (AvgIpc) is 2.19. The van der Waals surface area contributed by atoms with Crippen LogP contribution in [-0.4, -0.2) is 10.3 Å². The van der Waals surface area contributed by atoms with Gasteiger partial charge in [0.25, 0.3) is 0 Å². The Kier molecular flexibility index (Phi) is 4.20. The van der Waals surface area contributed by atoms with E-state index in [1.54, 1.807) is 18.3 Å². The smallest absolute Gasteiger partial charge is 0.0992 e. The van der Waals surface area contributed by atoms with Crippen molar-refractivity contribution in [1.82, 2.24) is 4.98 Å². The van der Waals surface area contributed by atoms with Gasteiger partial charge in [0.15, 0.2) is 0 Å². The highest BCUT2D eigenvalue weighted by atomic mass is 79.9. The first-order valence-electron chi connectivity index (χ1n) is 3.95. The molecule has 66 valence electrons. The molecule has 0 atom stereocenters. The molecular weight excluding hydrogens is 228 g/mol. The van der Waals surface area contributed by atoms with Crippen LogP contribution < -0.4 is 0 Å². The molecule has 13 heavy (non-hydrogen) atoms. The molecule has 0 N–H and O–H groups in total. The summed E-state index contributed by atoms with van der Waals surface area (Å²) >= 11 is 3.33. The highest BCUT2D eigenvalue weighted by Gasteiger charge is 1.91. The number of nitriles is 1. The maximum absolute atomic E-state index is 8.62. The molecule has 3 heteroatoms. The molecule has 0 aliphatic heterocycles. The monoisotopic (exact) mass is 236 g/mol. The third-order valence-corrected chi connectivity index (χ3v) is 1.93. The second-order valence-electron chi connectivity index (χ2n) is 2.46. The summed E-state index contributed by atoms with van der Waals surface area (Å²) in [5.74, 6) is 0. The van der Waals surface area contributed by atoms with Crippen LogP contribution in [0.15, 0.2) is 24.4 Å². The Bertz CT molecular complexity index is 339. The van der Waals surface area contributed by atoms with Gasteiger partial charge in [0, 0.05) is 11.5 Å². The van der Waals surface area contributed by atoms with Gasteiger partial charge in [0.1, 0.15) is 0 Å². The molecule has 1 heterocycles. The van der Waals surface area contributed by atoms with Gasteiger partial charge in [-0.15, -0.1) is 0 Å². The molecule has 0 fully saturated rings. The summed E-state index contributed by atoms with van der Waals surface area (Å²) in [4.78, 5) is 4.11. The minimum atomic E-state index is 0.647. The lowest BCUT2D eigenvalue weighted by molar-refractivity contribution is 1.24. The average molecular weight is 237 g/mol. The summed E-state index contributed by atoms with van der Waals surface area (Å²) in [6.45, 7) is 0. The normalized spacial score (nSPS) is 10.2. The molecule has 0 saturated heterocycles. The van der Waals surface area contributed by atoms with Gasteiger partial charge in [-0.3, -0.25) is 4.98 Å². The predicted molar refractivity (Wildman–Crippen MR) is 56.4 cm³/mol. The number of halogens is 1. The Hall–Kier alpha value is -1.14. The molecule has 0 saturated carbocycles. The zero-order chi connectivity index (χ0) is 9.52. The number of rotatable bonds is 3. The van der Waals surface area contributed by atoms with Gasteiger partial charge in [0.2, 0.25) is 0 Å². The summed E-state index contributed by atoms with van der Waals surface area (Å²) in [7, 11) is 0. The molecule has 1 aromatic heterocycles. The topological polar surface area (TPSA) is 36.7 Å². The summed E-state index contributed by atoms with van der Waals surface area (Å²) in [5, 5.41) is 9.57. The number of hydrogen-bond donors (Lipinski definition) is 0. The van der Waals surface area contributed by atoms with Gasteiger partial charge in [-0.1, -0.05) is 22.0 Å². The number of aromatic nitrogens is 1. The van der Waals surface area contributed by atoms with E-state index in [1.807, 2.05) is 12.2 Å². The Balaban J connectivity index is 2.73. The van der Waals surface area contributed by atoms with Crippen molar-refractivity contribution < 1.29 is 0 Å². The Morgan fingerprint density at radius 2 is 2.46 bits per heavy atom. The first-order chi connectivity index (χ1) is 6.36. The molecule has 1 aromatic rings. The van der Waals surface area contributed by atoms with Crippen LogP contribution in [0.4, 0.5) is 0 Å². The minimum absolute atomic E-state index is 0.647. The van der Waals surface area contributed by atoms with Crippen molar-refractivity contribution in [2.24, 2.45) is 0 Å². The van der Waals surface area contributed by atoms with Crippen molar-refractivity contribution in [3.05, 3.63) is 35.7 Å². The zero-order valence-electron chi connectivity index (χ0n) is 7.07. The maximum Gasteiger partial charge on any atom is 0.0992 e. The predicted octanol–water partition coefficient (Wildman–Crippen LogP) is 2.75. The van der Waals surface area contributed by atoms with E-state index in [1.165, 1.54) is 0 Å². The van der Waals surface area contributed by atoms with Gasteiger partial charge in [-0.2, -0.15) is 5.26 Å². The maximum atomic E-state index is 8.62. The first-order valence-corrected chi connectivity index (χ1v) is 5.07. The summed E-state index contributed by atoms with van der Waals surface area (Å²) < 4.78 is 0. The van der Waals surface area contributed by atoms with E-state index in [-0.39, 0.29) is 0 Å². The van der Waals surface area contributed by atoms with Gasteiger partial charge in [-0.05, 0) is 24.6 Å². The highest BCUT2D eigenvalue weighted by Crippen LogP contribution is 2.03. The van der Waals surface area contributed by atoms with Crippen molar-refractivity contribution in [2.45, 2.75) is 6.42 Å². The van der Waals surface area contributed by atoms with Crippen molar-refractivity contribution in [3.63, 3.8) is 0 Å². The van der Waals surface area contributed by atoms with Crippen LogP contribution in [0.1, 0.15) is 17.7 Å². The lowest BCUT2D eigenvalue weighted by Crippen LogP contribution is -1.81. The molecule has 0 aliphatic rings.